The maximum atomic E-state index is 13.2. The molecule has 0 aliphatic heterocycles. The van der Waals surface area contributed by atoms with E-state index < -0.39 is 45.8 Å². The van der Waals surface area contributed by atoms with Gasteiger partial charge in [0.1, 0.15) is 0 Å². The summed E-state index contributed by atoms with van der Waals surface area (Å²) < 4.78 is 13.3. The van der Waals surface area contributed by atoms with Crippen LogP contribution in [0.2, 0.25) is 0 Å². The molecule has 0 spiro atoms. The molecule has 0 aromatic rings. The molecule has 6 aliphatic rings. The van der Waals surface area contributed by atoms with Crippen LogP contribution in [0.3, 0.4) is 0 Å². The van der Waals surface area contributed by atoms with Crippen LogP contribution in [-0.2, 0) is 28.7 Å². The van der Waals surface area contributed by atoms with E-state index in [1.807, 2.05) is 0 Å². The van der Waals surface area contributed by atoms with Crippen LogP contribution in [-0.4, -0.2) is 92.7 Å². The van der Waals surface area contributed by atoms with E-state index in [-0.39, 0.29) is 53.5 Å². The molecule has 1 amide bonds. The van der Waals surface area contributed by atoms with Gasteiger partial charge in [-0.3, -0.25) is 14.4 Å². The van der Waals surface area contributed by atoms with Gasteiger partial charge in [-0.25, -0.2) is 0 Å². The SMILES string of the molecule is CC(C)(C1CCC(OC2CCC(NOCC3C(Cl)CCC(Cl)C3C(=O)O)CC2)CC1)C1CCC(OC2CCC(NC(=O)C3C(Cl)CCC(Cl)C3C(=O)O)CC2)CC1. The van der Waals surface area contributed by atoms with E-state index >= 15 is 0 Å². The molecule has 0 aromatic carbocycles. The summed E-state index contributed by atoms with van der Waals surface area (Å²) in [5.74, 6) is -3.60. The highest BCUT2D eigenvalue weighted by Crippen LogP contribution is 2.49. The van der Waals surface area contributed by atoms with Crippen molar-refractivity contribution in [3.63, 3.8) is 0 Å². The number of ether oxygens (including phenoxy) is 2. The third kappa shape index (κ3) is 11.9. The minimum Gasteiger partial charge on any atom is -0.481 e. The average molecular weight is 883 g/mol. The smallest absolute Gasteiger partial charge is 0.308 e. The molecule has 326 valence electrons. The number of aliphatic carboxylic acids is 2. The first-order chi connectivity index (χ1) is 27.2. The molecule has 6 rings (SSSR count). The van der Waals surface area contributed by atoms with Crippen molar-refractivity contribution in [1.29, 1.82) is 0 Å². The van der Waals surface area contributed by atoms with E-state index in [9.17, 15) is 24.6 Å². The Bertz CT molecular complexity index is 1310. The quantitative estimate of drug-likeness (QED) is 0.0993. The zero-order chi connectivity index (χ0) is 40.9. The van der Waals surface area contributed by atoms with Gasteiger partial charge in [-0.15, -0.1) is 46.4 Å². The minimum absolute atomic E-state index is 0.0100. The number of carboxylic acid groups (broad SMARTS) is 2. The van der Waals surface area contributed by atoms with Crippen molar-refractivity contribution in [2.24, 2.45) is 40.9 Å². The maximum Gasteiger partial charge on any atom is 0.308 e. The summed E-state index contributed by atoms with van der Waals surface area (Å²) in [6, 6.07) is 0.239. The van der Waals surface area contributed by atoms with Crippen LogP contribution in [0.1, 0.15) is 142 Å². The Morgan fingerprint density at radius 2 is 0.912 bits per heavy atom. The third-order valence-electron chi connectivity index (χ3n) is 15.2. The number of rotatable bonds is 14. The van der Waals surface area contributed by atoms with Crippen molar-refractivity contribution in [3.05, 3.63) is 0 Å². The number of nitrogens with one attached hydrogen (secondary N) is 2. The molecule has 4 N–H and O–H groups in total. The first-order valence-corrected chi connectivity index (χ1v) is 24.0. The molecule has 0 heterocycles. The van der Waals surface area contributed by atoms with E-state index in [0.29, 0.717) is 49.7 Å². The van der Waals surface area contributed by atoms with Gasteiger partial charge < -0.3 is 29.8 Å². The molecular weight excluding hydrogens is 814 g/mol. The molecule has 0 bridgehead atoms. The largest absolute Gasteiger partial charge is 0.481 e. The molecule has 6 fully saturated rings. The van der Waals surface area contributed by atoms with Gasteiger partial charge in [-0.2, -0.15) is 5.48 Å². The number of amides is 1. The van der Waals surface area contributed by atoms with Crippen molar-refractivity contribution in [2.45, 2.75) is 200 Å². The number of carbonyl (C=O) groups excluding carboxylic acids is 1. The van der Waals surface area contributed by atoms with E-state index in [2.05, 4.69) is 24.6 Å². The second-order valence-corrected chi connectivity index (χ2v) is 21.3. The first-order valence-electron chi connectivity index (χ1n) is 22.2. The lowest BCUT2D eigenvalue weighted by molar-refractivity contribution is -0.148. The molecule has 57 heavy (non-hydrogen) atoms. The zero-order valence-corrected chi connectivity index (χ0v) is 37.0. The fraction of sp³-hybridized carbons (Fsp3) is 0.930. The van der Waals surface area contributed by atoms with Crippen molar-refractivity contribution in [2.75, 3.05) is 6.61 Å². The van der Waals surface area contributed by atoms with Crippen LogP contribution in [0.5, 0.6) is 0 Å². The number of halogens is 4. The van der Waals surface area contributed by atoms with Crippen molar-refractivity contribution in [1.82, 2.24) is 10.8 Å². The topological polar surface area (TPSA) is 143 Å². The molecule has 8 atom stereocenters. The van der Waals surface area contributed by atoms with Crippen LogP contribution in [0.25, 0.3) is 0 Å². The van der Waals surface area contributed by atoms with Crippen molar-refractivity contribution < 1.29 is 38.9 Å². The molecule has 6 saturated carbocycles. The predicted molar refractivity (Wildman–Crippen MR) is 223 cm³/mol. The Hall–Kier alpha value is -0.590. The Morgan fingerprint density at radius 3 is 1.37 bits per heavy atom. The van der Waals surface area contributed by atoms with Crippen LogP contribution in [0.4, 0.5) is 0 Å². The molecular formula is C43H68Cl4N2O8. The number of alkyl halides is 4. The Morgan fingerprint density at radius 1 is 0.526 bits per heavy atom. The number of carbonyl (C=O) groups is 3. The van der Waals surface area contributed by atoms with Crippen LogP contribution in [0.15, 0.2) is 0 Å². The second-order valence-electron chi connectivity index (χ2n) is 19.1. The summed E-state index contributed by atoms with van der Waals surface area (Å²) >= 11 is 25.6. The molecule has 14 heteroatoms. The van der Waals surface area contributed by atoms with E-state index in [1.165, 1.54) is 25.7 Å². The highest BCUT2D eigenvalue weighted by Gasteiger charge is 2.47. The lowest BCUT2D eigenvalue weighted by atomic mass is 9.60. The molecule has 8 unspecified atom stereocenters. The highest BCUT2D eigenvalue weighted by atomic mass is 35.5. The summed E-state index contributed by atoms with van der Waals surface area (Å²) in [5.41, 5.74) is 3.48. The van der Waals surface area contributed by atoms with Crippen LogP contribution in [0, 0.1) is 40.9 Å². The van der Waals surface area contributed by atoms with Crippen LogP contribution >= 0.6 is 46.4 Å². The van der Waals surface area contributed by atoms with Crippen LogP contribution < -0.4 is 10.8 Å². The summed E-state index contributed by atoms with van der Waals surface area (Å²) in [6.45, 7) is 5.25. The second kappa shape index (κ2) is 21.0. The van der Waals surface area contributed by atoms with Crippen molar-refractivity contribution >= 4 is 64.2 Å². The van der Waals surface area contributed by atoms with Gasteiger partial charge in [0.2, 0.25) is 5.91 Å². The lowest BCUT2D eigenvalue weighted by Crippen LogP contribution is -2.51. The zero-order valence-electron chi connectivity index (χ0n) is 33.9. The monoisotopic (exact) mass is 880 g/mol. The average Bonchev–Trinajstić information content (AvgIpc) is 3.18. The summed E-state index contributed by atoms with van der Waals surface area (Å²) in [7, 11) is 0. The highest BCUT2D eigenvalue weighted by molar-refractivity contribution is 6.25. The molecule has 6 aliphatic carbocycles. The maximum absolute atomic E-state index is 13.2. The van der Waals surface area contributed by atoms with E-state index in [0.717, 1.165) is 77.0 Å². The predicted octanol–water partition coefficient (Wildman–Crippen LogP) is 9.07. The Kier molecular flexibility index (Phi) is 16.9. The number of hydrogen-bond donors (Lipinski definition) is 4. The molecule has 0 aromatic heterocycles. The standard InChI is InChI=1S/C43H68Cl4N2O8/c1-43(2,24-3-11-28(12-4-24)56-30-15-7-26(8-16-30)48-40(50)38-35(46)21-22-36(47)39(38)42(53)54)25-5-13-29(14-6-25)57-31-17-9-27(10-18-31)49-55-23-32-33(44)19-20-34(45)37(32)41(51)52/h24-39,49H,3-23H2,1-2H3,(H,48,50)(H,51,52)(H,53,54). The number of hydrogen-bond acceptors (Lipinski definition) is 7. The number of hydroxylamine groups is 1. The molecule has 0 saturated heterocycles. The number of carboxylic acids is 2. The summed E-state index contributed by atoms with van der Waals surface area (Å²) in [5, 5.41) is 20.8. The van der Waals surface area contributed by atoms with E-state index in [4.69, 9.17) is 60.7 Å². The van der Waals surface area contributed by atoms with Gasteiger partial charge in [-0.1, -0.05) is 13.8 Å². The van der Waals surface area contributed by atoms with Gasteiger partial charge in [0.15, 0.2) is 0 Å². The van der Waals surface area contributed by atoms with Gasteiger partial charge >= 0.3 is 11.9 Å². The third-order valence-corrected chi connectivity index (χ3v) is 17.2. The lowest BCUT2D eigenvalue weighted by Gasteiger charge is -2.47. The van der Waals surface area contributed by atoms with Gasteiger partial charge in [0.05, 0.1) is 48.8 Å². The Balaban J connectivity index is 0.837. The normalized spacial score (nSPS) is 42.2. The molecule has 10 nitrogen and oxygen atoms in total. The fourth-order valence-corrected chi connectivity index (χ4v) is 13.1. The van der Waals surface area contributed by atoms with Gasteiger partial charge in [-0.05, 0) is 146 Å². The van der Waals surface area contributed by atoms with Gasteiger partial charge in [0.25, 0.3) is 0 Å². The molecule has 0 radical (unpaired) electrons. The van der Waals surface area contributed by atoms with E-state index in [1.54, 1.807) is 0 Å². The fourth-order valence-electron chi connectivity index (χ4n) is 11.5. The first kappa shape index (κ1) is 45.9. The summed E-state index contributed by atoms with van der Waals surface area (Å²) in [6.07, 6.45) is 20.2. The minimum atomic E-state index is -1.05. The van der Waals surface area contributed by atoms with Crippen molar-refractivity contribution in [3.8, 4) is 0 Å². The Labute approximate surface area is 360 Å². The van der Waals surface area contributed by atoms with Gasteiger partial charge in [0, 0.05) is 39.5 Å². The summed E-state index contributed by atoms with van der Waals surface area (Å²) in [4.78, 5) is 42.7.